The third-order valence-corrected chi connectivity index (χ3v) is 5.94. The summed E-state index contributed by atoms with van der Waals surface area (Å²) in [7, 11) is -1.15. The van der Waals surface area contributed by atoms with Gasteiger partial charge in [-0.1, -0.05) is 56.4 Å². The molecule has 0 aromatic heterocycles. The first-order chi connectivity index (χ1) is 12.6. The van der Waals surface area contributed by atoms with Gasteiger partial charge >= 0.3 is 11.9 Å². The minimum absolute atomic E-state index is 0.125. The van der Waals surface area contributed by atoms with E-state index < -0.39 is 13.7 Å². The van der Waals surface area contributed by atoms with E-state index in [4.69, 9.17) is 9.47 Å². The first-order valence-corrected chi connectivity index (χ1v) is 13.7. The lowest BCUT2D eigenvalue weighted by molar-refractivity contribution is -0.156. The number of esters is 2. The molecule has 0 radical (unpaired) electrons. The topological polar surface area (TPSA) is 52.6 Å². The van der Waals surface area contributed by atoms with E-state index in [0.29, 0.717) is 25.9 Å². The molecular formula is C22H36O4Si. The maximum atomic E-state index is 12.1. The molecule has 0 saturated carbocycles. The van der Waals surface area contributed by atoms with Crippen molar-refractivity contribution in [2.45, 2.75) is 83.7 Å². The highest BCUT2D eigenvalue weighted by molar-refractivity contribution is 6.76. The van der Waals surface area contributed by atoms with Crippen LogP contribution < -0.4 is 0 Å². The van der Waals surface area contributed by atoms with Crippen molar-refractivity contribution in [1.82, 2.24) is 0 Å². The lowest BCUT2D eigenvalue weighted by Crippen LogP contribution is -2.30. The molecule has 4 nitrogen and oxygen atoms in total. The maximum absolute atomic E-state index is 12.1. The van der Waals surface area contributed by atoms with Crippen LogP contribution in [0, 0.1) is 0 Å². The summed E-state index contributed by atoms with van der Waals surface area (Å²) < 4.78 is 10.9. The molecule has 152 valence electrons. The van der Waals surface area contributed by atoms with Crippen LogP contribution in [-0.4, -0.2) is 32.2 Å². The van der Waals surface area contributed by atoms with Gasteiger partial charge in [0, 0.05) is 27.3 Å². The minimum atomic E-state index is -1.15. The number of unbranched alkanes of at least 4 members (excludes halogenated alkanes) is 2. The smallest absolute Gasteiger partial charge is 0.306 e. The van der Waals surface area contributed by atoms with Gasteiger partial charge in [-0.3, -0.25) is 9.59 Å². The van der Waals surface area contributed by atoms with Gasteiger partial charge in [-0.05, 0) is 38.3 Å². The van der Waals surface area contributed by atoms with Crippen LogP contribution in [0.3, 0.4) is 0 Å². The summed E-state index contributed by atoms with van der Waals surface area (Å²) in [5.41, 5.74) is 0.640. The molecule has 0 aliphatic carbocycles. The van der Waals surface area contributed by atoms with E-state index in [1.54, 1.807) is 0 Å². The summed E-state index contributed by atoms with van der Waals surface area (Å²) in [5, 5.41) is 0. The molecule has 5 heteroatoms. The van der Waals surface area contributed by atoms with E-state index in [1.165, 1.54) is 0 Å². The zero-order chi connectivity index (χ0) is 20.3. The van der Waals surface area contributed by atoms with E-state index in [9.17, 15) is 9.59 Å². The van der Waals surface area contributed by atoms with Crippen molar-refractivity contribution in [1.29, 1.82) is 0 Å². The van der Waals surface area contributed by atoms with Crippen LogP contribution in [0.4, 0.5) is 0 Å². The van der Waals surface area contributed by atoms with Gasteiger partial charge in [-0.2, -0.15) is 0 Å². The third kappa shape index (κ3) is 12.4. The molecule has 27 heavy (non-hydrogen) atoms. The van der Waals surface area contributed by atoms with E-state index in [0.717, 1.165) is 30.9 Å². The Kier molecular flexibility index (Phi) is 9.78. The molecule has 1 rings (SSSR count). The molecule has 0 N–H and O–H groups in total. The first-order valence-electron chi connectivity index (χ1n) is 9.99. The van der Waals surface area contributed by atoms with Gasteiger partial charge in [-0.25, -0.2) is 0 Å². The molecule has 1 aromatic carbocycles. The number of hydrogen-bond acceptors (Lipinski definition) is 4. The molecule has 1 aromatic rings. The Bertz CT molecular complexity index is 576. The molecule has 0 aliphatic rings. The second-order valence-electron chi connectivity index (χ2n) is 8.99. The van der Waals surface area contributed by atoms with Crippen LogP contribution in [0.2, 0.25) is 25.7 Å². The maximum Gasteiger partial charge on any atom is 0.306 e. The fourth-order valence-corrected chi connectivity index (χ4v) is 3.46. The highest BCUT2D eigenvalue weighted by Crippen LogP contribution is 2.18. The van der Waals surface area contributed by atoms with Crippen molar-refractivity contribution in [3.63, 3.8) is 0 Å². The zero-order valence-electron chi connectivity index (χ0n) is 17.7. The van der Waals surface area contributed by atoms with Gasteiger partial charge in [0.15, 0.2) is 0 Å². The van der Waals surface area contributed by atoms with Crippen molar-refractivity contribution in [2.75, 3.05) is 6.61 Å². The van der Waals surface area contributed by atoms with Crippen molar-refractivity contribution in [3.05, 3.63) is 35.9 Å². The van der Waals surface area contributed by atoms with Gasteiger partial charge in [-0.15, -0.1) is 0 Å². The normalized spacial score (nSPS) is 11.9. The number of carbonyl (C=O) groups excluding carboxylic acids is 2. The SMILES string of the molecule is CC(C)(Cc1ccccc1)OC(=O)CCCCCC(=O)OCC[Si](C)(C)C. The molecule has 0 fully saturated rings. The average Bonchev–Trinajstić information content (AvgIpc) is 2.53. The lowest BCUT2D eigenvalue weighted by Gasteiger charge is -2.25. The summed E-state index contributed by atoms with van der Waals surface area (Å²) in [6, 6.07) is 11.0. The van der Waals surface area contributed by atoms with E-state index in [1.807, 2.05) is 44.2 Å². The Balaban J connectivity index is 2.13. The monoisotopic (exact) mass is 392 g/mol. The predicted octanol–water partition coefficient (Wildman–Crippen LogP) is 5.38. The van der Waals surface area contributed by atoms with Crippen molar-refractivity contribution in [2.24, 2.45) is 0 Å². The molecule has 0 aliphatic heterocycles. The second kappa shape index (κ2) is 11.3. The summed E-state index contributed by atoms with van der Waals surface area (Å²) >= 11 is 0. The van der Waals surface area contributed by atoms with Crippen LogP contribution in [0.1, 0.15) is 51.5 Å². The fourth-order valence-electron chi connectivity index (χ4n) is 2.74. The second-order valence-corrected chi connectivity index (χ2v) is 14.6. The molecule has 0 amide bonds. The Morgan fingerprint density at radius 1 is 0.926 bits per heavy atom. The van der Waals surface area contributed by atoms with Gasteiger partial charge in [0.25, 0.3) is 0 Å². The molecule has 0 atom stereocenters. The Morgan fingerprint density at radius 3 is 2.11 bits per heavy atom. The zero-order valence-corrected chi connectivity index (χ0v) is 18.7. The third-order valence-electron chi connectivity index (χ3n) is 4.24. The van der Waals surface area contributed by atoms with Crippen molar-refractivity contribution in [3.8, 4) is 0 Å². The Hall–Kier alpha value is -1.62. The van der Waals surface area contributed by atoms with Crippen LogP contribution in [-0.2, 0) is 25.5 Å². The standard InChI is InChI=1S/C22H36O4Si/c1-22(2,18-19-12-8-6-9-13-19)26-21(24)15-11-7-10-14-20(23)25-16-17-27(3,4)5/h6,8-9,12-13H,7,10-11,14-18H2,1-5H3. The molecule has 0 spiro atoms. The molecular weight excluding hydrogens is 356 g/mol. The van der Waals surface area contributed by atoms with Crippen LogP contribution in [0.15, 0.2) is 30.3 Å². The van der Waals surface area contributed by atoms with E-state index >= 15 is 0 Å². The number of rotatable bonds is 12. The van der Waals surface area contributed by atoms with Crippen LogP contribution in [0.5, 0.6) is 0 Å². The highest BCUT2D eigenvalue weighted by Gasteiger charge is 2.23. The lowest BCUT2D eigenvalue weighted by atomic mass is 9.98. The number of ether oxygens (including phenoxy) is 2. The summed E-state index contributed by atoms with van der Waals surface area (Å²) in [6.45, 7) is 11.2. The van der Waals surface area contributed by atoms with Crippen LogP contribution in [0.25, 0.3) is 0 Å². The largest absolute Gasteiger partial charge is 0.466 e. The van der Waals surface area contributed by atoms with E-state index in [-0.39, 0.29) is 11.9 Å². The van der Waals surface area contributed by atoms with Gasteiger partial charge in [0.05, 0.1) is 6.61 Å². The quantitative estimate of drug-likeness (QED) is 0.272. The summed E-state index contributed by atoms with van der Waals surface area (Å²) in [5.74, 6) is -0.298. The Morgan fingerprint density at radius 2 is 1.52 bits per heavy atom. The minimum Gasteiger partial charge on any atom is -0.466 e. The number of carbonyl (C=O) groups is 2. The molecule has 0 saturated heterocycles. The predicted molar refractivity (Wildman–Crippen MR) is 113 cm³/mol. The van der Waals surface area contributed by atoms with Crippen LogP contribution >= 0.6 is 0 Å². The number of hydrogen-bond donors (Lipinski definition) is 0. The summed E-state index contributed by atoms with van der Waals surface area (Å²) in [6.07, 6.45) is 3.85. The van der Waals surface area contributed by atoms with E-state index in [2.05, 4.69) is 19.6 Å². The van der Waals surface area contributed by atoms with Gasteiger partial charge in [0.2, 0.25) is 0 Å². The van der Waals surface area contributed by atoms with Gasteiger partial charge < -0.3 is 9.47 Å². The average molecular weight is 393 g/mol. The first kappa shape index (κ1) is 23.4. The molecule has 0 heterocycles. The van der Waals surface area contributed by atoms with Crippen molar-refractivity contribution >= 4 is 20.0 Å². The fraction of sp³-hybridized carbons (Fsp3) is 0.636. The van der Waals surface area contributed by atoms with Gasteiger partial charge in [0.1, 0.15) is 5.60 Å². The van der Waals surface area contributed by atoms with Crippen molar-refractivity contribution < 1.29 is 19.1 Å². The Labute approximate surface area is 165 Å². The summed E-state index contributed by atoms with van der Waals surface area (Å²) in [4.78, 5) is 23.8. The molecule has 0 bridgehead atoms. The highest BCUT2D eigenvalue weighted by atomic mass is 28.3. The molecule has 0 unspecified atom stereocenters. The number of benzene rings is 1.